The van der Waals surface area contributed by atoms with E-state index in [0.717, 1.165) is 6.42 Å². The highest BCUT2D eigenvalue weighted by Crippen LogP contribution is 2.00. The van der Waals surface area contributed by atoms with Crippen LogP contribution in [-0.2, 0) is 11.3 Å². The number of aromatic nitrogens is 3. The number of carbonyl (C=O) groups is 1. The van der Waals surface area contributed by atoms with Gasteiger partial charge in [0.2, 0.25) is 5.91 Å². The van der Waals surface area contributed by atoms with Gasteiger partial charge in [-0.1, -0.05) is 6.92 Å². The zero-order valence-electron chi connectivity index (χ0n) is 10.5. The third-order valence-corrected chi connectivity index (χ3v) is 2.68. The summed E-state index contributed by atoms with van der Waals surface area (Å²) < 4.78 is 2.92. The van der Waals surface area contributed by atoms with Gasteiger partial charge in [-0.25, -0.2) is 4.68 Å². The third-order valence-electron chi connectivity index (χ3n) is 2.68. The first-order valence-electron chi connectivity index (χ1n) is 5.95. The van der Waals surface area contributed by atoms with Crippen molar-refractivity contribution >= 4 is 11.4 Å². The number of carbonyl (C=O) groups excluding carboxylic acids is 1. The molecule has 2 rings (SSSR count). The minimum atomic E-state index is -0.253. The number of hydrogen-bond donors (Lipinski definition) is 1. The van der Waals surface area contributed by atoms with Crippen LogP contribution in [0.25, 0.3) is 5.52 Å². The van der Waals surface area contributed by atoms with E-state index in [1.54, 1.807) is 29.7 Å². The van der Waals surface area contributed by atoms with E-state index in [9.17, 15) is 9.59 Å². The molecule has 0 bridgehead atoms. The molecule has 1 amide bonds. The summed E-state index contributed by atoms with van der Waals surface area (Å²) in [6.45, 7) is 4.34. The van der Waals surface area contributed by atoms with Crippen molar-refractivity contribution in [2.75, 3.05) is 6.54 Å². The molecule has 0 aliphatic heterocycles. The zero-order chi connectivity index (χ0) is 13.1. The molecule has 0 unspecified atom stereocenters. The SMILES string of the molecule is CCCNC(=O)Cn1nc(C)n2cccc2c1=O. The van der Waals surface area contributed by atoms with Gasteiger partial charge in [0.05, 0.1) is 0 Å². The maximum absolute atomic E-state index is 12.1. The first-order chi connectivity index (χ1) is 8.63. The molecule has 0 spiro atoms. The highest BCUT2D eigenvalue weighted by atomic mass is 16.2. The second-order valence-electron chi connectivity index (χ2n) is 4.12. The number of nitrogens with one attached hydrogen (secondary N) is 1. The molecule has 18 heavy (non-hydrogen) atoms. The molecular weight excluding hydrogens is 232 g/mol. The molecule has 0 atom stereocenters. The van der Waals surface area contributed by atoms with E-state index in [1.807, 2.05) is 6.92 Å². The summed E-state index contributed by atoms with van der Waals surface area (Å²) in [6, 6.07) is 3.50. The van der Waals surface area contributed by atoms with Crippen molar-refractivity contribution in [3.05, 3.63) is 34.5 Å². The Morgan fingerprint density at radius 1 is 1.50 bits per heavy atom. The number of fused-ring (bicyclic) bond motifs is 1. The molecule has 6 heteroatoms. The lowest BCUT2D eigenvalue weighted by Gasteiger charge is -2.08. The zero-order valence-corrected chi connectivity index (χ0v) is 10.5. The van der Waals surface area contributed by atoms with Gasteiger partial charge in [-0.3, -0.25) is 14.0 Å². The van der Waals surface area contributed by atoms with Gasteiger partial charge < -0.3 is 5.32 Å². The van der Waals surface area contributed by atoms with Crippen molar-refractivity contribution < 1.29 is 4.79 Å². The summed E-state index contributed by atoms with van der Waals surface area (Å²) in [6.07, 6.45) is 2.64. The monoisotopic (exact) mass is 248 g/mol. The summed E-state index contributed by atoms with van der Waals surface area (Å²) in [7, 11) is 0. The topological polar surface area (TPSA) is 68.4 Å². The average molecular weight is 248 g/mol. The van der Waals surface area contributed by atoms with Crippen molar-refractivity contribution in [3.8, 4) is 0 Å². The summed E-state index contributed by atoms with van der Waals surface area (Å²) in [4.78, 5) is 23.6. The van der Waals surface area contributed by atoms with Crippen molar-refractivity contribution in [2.24, 2.45) is 0 Å². The normalized spacial score (nSPS) is 10.8. The predicted molar refractivity (Wildman–Crippen MR) is 67.5 cm³/mol. The second-order valence-corrected chi connectivity index (χ2v) is 4.12. The maximum Gasteiger partial charge on any atom is 0.291 e. The molecule has 2 heterocycles. The van der Waals surface area contributed by atoms with Gasteiger partial charge in [0.25, 0.3) is 5.56 Å². The highest BCUT2D eigenvalue weighted by molar-refractivity contribution is 5.75. The predicted octanol–water partition coefficient (Wildman–Crippen LogP) is 0.331. The first-order valence-corrected chi connectivity index (χ1v) is 5.95. The largest absolute Gasteiger partial charge is 0.355 e. The van der Waals surface area contributed by atoms with E-state index >= 15 is 0 Å². The molecule has 2 aromatic rings. The molecule has 0 aromatic carbocycles. The number of amides is 1. The number of aryl methyl sites for hydroxylation is 1. The van der Waals surface area contributed by atoms with Crippen molar-refractivity contribution in [2.45, 2.75) is 26.8 Å². The van der Waals surface area contributed by atoms with Crippen LogP contribution in [-0.4, -0.2) is 26.6 Å². The molecule has 2 aromatic heterocycles. The summed E-state index contributed by atoms with van der Waals surface area (Å²) >= 11 is 0. The lowest BCUT2D eigenvalue weighted by molar-refractivity contribution is -0.121. The van der Waals surface area contributed by atoms with Gasteiger partial charge in [0.15, 0.2) is 0 Å². The van der Waals surface area contributed by atoms with Gasteiger partial charge in [-0.05, 0) is 25.5 Å². The fourth-order valence-corrected chi connectivity index (χ4v) is 1.80. The van der Waals surface area contributed by atoms with E-state index in [0.29, 0.717) is 17.9 Å². The van der Waals surface area contributed by atoms with Crippen LogP contribution in [0.1, 0.15) is 19.2 Å². The Balaban J connectivity index is 2.31. The molecule has 0 fully saturated rings. The van der Waals surface area contributed by atoms with Crippen LogP contribution in [0.4, 0.5) is 0 Å². The lowest BCUT2D eigenvalue weighted by atomic mass is 10.4. The summed E-state index contributed by atoms with van der Waals surface area (Å²) in [5.41, 5.74) is 0.281. The van der Waals surface area contributed by atoms with Gasteiger partial charge in [0, 0.05) is 12.7 Å². The highest BCUT2D eigenvalue weighted by Gasteiger charge is 2.09. The van der Waals surface area contributed by atoms with Gasteiger partial charge >= 0.3 is 0 Å². The molecule has 0 aliphatic carbocycles. The minimum absolute atomic E-state index is 0.0403. The fourth-order valence-electron chi connectivity index (χ4n) is 1.80. The van der Waals surface area contributed by atoms with E-state index in [1.165, 1.54) is 4.68 Å². The summed E-state index contributed by atoms with van der Waals surface area (Å²) in [5, 5.41) is 6.85. The Bertz CT molecular complexity index is 627. The van der Waals surface area contributed by atoms with Crippen molar-refractivity contribution in [1.29, 1.82) is 0 Å². The number of nitrogens with zero attached hydrogens (tertiary/aromatic N) is 3. The molecule has 0 radical (unpaired) electrons. The number of rotatable bonds is 4. The van der Waals surface area contributed by atoms with E-state index in [4.69, 9.17) is 0 Å². The second kappa shape index (κ2) is 5.03. The quantitative estimate of drug-likeness (QED) is 0.847. The fraction of sp³-hybridized carbons (Fsp3) is 0.417. The molecule has 1 N–H and O–H groups in total. The van der Waals surface area contributed by atoms with Crippen molar-refractivity contribution in [1.82, 2.24) is 19.5 Å². The minimum Gasteiger partial charge on any atom is -0.355 e. The average Bonchev–Trinajstić information content (AvgIpc) is 2.83. The molecule has 0 saturated carbocycles. The standard InChI is InChI=1S/C12H16N4O2/c1-3-6-13-11(17)8-16-12(18)10-5-4-7-15(10)9(2)14-16/h4-5,7H,3,6,8H2,1-2H3,(H,13,17). The van der Waals surface area contributed by atoms with Gasteiger partial charge in [-0.2, -0.15) is 5.10 Å². The maximum atomic E-state index is 12.1. The van der Waals surface area contributed by atoms with Gasteiger partial charge in [-0.15, -0.1) is 0 Å². The molecule has 96 valence electrons. The summed E-state index contributed by atoms with van der Waals surface area (Å²) in [5.74, 6) is 0.486. The van der Waals surface area contributed by atoms with Crippen LogP contribution in [0.15, 0.2) is 23.1 Å². The number of hydrogen-bond acceptors (Lipinski definition) is 3. The Morgan fingerprint density at radius 2 is 2.28 bits per heavy atom. The van der Waals surface area contributed by atoms with Gasteiger partial charge in [0.1, 0.15) is 17.9 Å². The van der Waals surface area contributed by atoms with Crippen molar-refractivity contribution in [3.63, 3.8) is 0 Å². The van der Waals surface area contributed by atoms with Crippen LogP contribution >= 0.6 is 0 Å². The Morgan fingerprint density at radius 3 is 3.00 bits per heavy atom. The smallest absolute Gasteiger partial charge is 0.291 e. The Hall–Kier alpha value is -2.11. The molecule has 0 saturated heterocycles. The van der Waals surface area contributed by atoms with E-state index < -0.39 is 0 Å². The lowest BCUT2D eigenvalue weighted by Crippen LogP contribution is -2.35. The molecule has 6 nitrogen and oxygen atoms in total. The van der Waals surface area contributed by atoms with Crippen LogP contribution in [0.2, 0.25) is 0 Å². The van der Waals surface area contributed by atoms with Crippen LogP contribution < -0.4 is 10.9 Å². The Labute approximate surface area is 104 Å². The van der Waals surface area contributed by atoms with Crippen LogP contribution in [0.5, 0.6) is 0 Å². The molecule has 0 aliphatic rings. The first kappa shape index (κ1) is 12.3. The van der Waals surface area contributed by atoms with Crippen LogP contribution in [0.3, 0.4) is 0 Å². The van der Waals surface area contributed by atoms with E-state index in [2.05, 4.69) is 10.4 Å². The molecular formula is C12H16N4O2. The third kappa shape index (κ3) is 2.27. The Kier molecular flexibility index (Phi) is 3.45. The van der Waals surface area contributed by atoms with Crippen LogP contribution in [0, 0.1) is 6.92 Å². The van der Waals surface area contributed by atoms with E-state index in [-0.39, 0.29) is 18.0 Å².